The zero-order valence-electron chi connectivity index (χ0n) is 11.1. The highest BCUT2D eigenvalue weighted by Crippen LogP contribution is 2.29. The van der Waals surface area contributed by atoms with E-state index in [0.29, 0.717) is 6.42 Å². The maximum atomic E-state index is 12.6. The summed E-state index contributed by atoms with van der Waals surface area (Å²) in [6.07, 6.45) is -3.61. The lowest BCUT2D eigenvalue weighted by Crippen LogP contribution is -2.34. The van der Waals surface area contributed by atoms with Gasteiger partial charge in [0.1, 0.15) is 0 Å². The predicted molar refractivity (Wildman–Crippen MR) is 67.5 cm³/mol. The van der Waals surface area contributed by atoms with Crippen LogP contribution in [-0.2, 0) is 12.6 Å². The van der Waals surface area contributed by atoms with Gasteiger partial charge in [0.25, 0.3) is 0 Å². The first kappa shape index (κ1) is 15.0. The molecule has 18 heavy (non-hydrogen) atoms. The molecule has 0 radical (unpaired) electrons. The zero-order valence-corrected chi connectivity index (χ0v) is 11.1. The number of alkyl halides is 3. The molecule has 4 heteroatoms. The molecule has 1 unspecified atom stereocenters. The number of nitrogens with zero attached hydrogens (tertiary/aromatic N) is 1. The summed E-state index contributed by atoms with van der Waals surface area (Å²) in [4.78, 5) is 2.24. The van der Waals surface area contributed by atoms with Crippen LogP contribution in [0.5, 0.6) is 0 Å². The minimum absolute atomic E-state index is 0.253. The first-order valence-electron chi connectivity index (χ1n) is 6.28. The van der Waals surface area contributed by atoms with E-state index < -0.39 is 11.7 Å². The molecule has 0 saturated heterocycles. The largest absolute Gasteiger partial charge is 0.416 e. The summed E-state index contributed by atoms with van der Waals surface area (Å²) in [7, 11) is 0. The quantitative estimate of drug-likeness (QED) is 0.773. The van der Waals surface area contributed by atoms with Crippen LogP contribution in [0.15, 0.2) is 24.3 Å². The molecule has 1 atom stereocenters. The number of likely N-dealkylation sites (N-methyl/N-ethyl adjacent to an activating group) is 1. The molecule has 0 aliphatic heterocycles. The molecule has 0 saturated carbocycles. The van der Waals surface area contributed by atoms with Gasteiger partial charge < -0.3 is 4.90 Å². The van der Waals surface area contributed by atoms with Gasteiger partial charge in [-0.2, -0.15) is 13.2 Å². The highest BCUT2D eigenvalue weighted by atomic mass is 19.4. The fourth-order valence-electron chi connectivity index (χ4n) is 2.19. The molecule has 0 aliphatic carbocycles. The monoisotopic (exact) mass is 259 g/mol. The van der Waals surface area contributed by atoms with Crippen molar-refractivity contribution in [3.05, 3.63) is 35.4 Å². The summed E-state index contributed by atoms with van der Waals surface area (Å²) < 4.78 is 37.8. The number of rotatable bonds is 5. The second kappa shape index (κ2) is 6.23. The molecule has 0 fully saturated rings. The maximum Gasteiger partial charge on any atom is 0.416 e. The van der Waals surface area contributed by atoms with Crippen LogP contribution in [0.1, 0.15) is 31.9 Å². The van der Waals surface area contributed by atoms with Crippen molar-refractivity contribution >= 4 is 0 Å². The minimum atomic E-state index is -4.26. The Morgan fingerprint density at radius 3 is 2.28 bits per heavy atom. The van der Waals surface area contributed by atoms with E-state index in [1.807, 2.05) is 6.92 Å². The maximum absolute atomic E-state index is 12.6. The van der Waals surface area contributed by atoms with E-state index in [2.05, 4.69) is 18.7 Å². The summed E-state index contributed by atoms with van der Waals surface area (Å²) >= 11 is 0. The van der Waals surface area contributed by atoms with Gasteiger partial charge >= 0.3 is 6.18 Å². The van der Waals surface area contributed by atoms with E-state index in [9.17, 15) is 13.2 Å². The first-order chi connectivity index (χ1) is 8.38. The summed E-state index contributed by atoms with van der Waals surface area (Å²) in [5.41, 5.74) is 0.177. The van der Waals surface area contributed by atoms with Gasteiger partial charge in [-0.1, -0.05) is 32.0 Å². The van der Waals surface area contributed by atoms with Gasteiger partial charge in [-0.3, -0.25) is 0 Å². The van der Waals surface area contributed by atoms with Crippen molar-refractivity contribution in [2.45, 2.75) is 39.4 Å². The Bertz CT molecular complexity index is 370. The Kier molecular flexibility index (Phi) is 5.20. The number of hydrogen-bond donors (Lipinski definition) is 0. The Morgan fingerprint density at radius 2 is 1.78 bits per heavy atom. The van der Waals surface area contributed by atoms with E-state index in [4.69, 9.17) is 0 Å². The molecule has 1 rings (SSSR count). The van der Waals surface area contributed by atoms with Gasteiger partial charge in [0, 0.05) is 6.04 Å². The molecule has 1 aromatic rings. The average Bonchev–Trinajstić information content (AvgIpc) is 2.29. The summed E-state index contributed by atoms with van der Waals surface area (Å²) in [5, 5.41) is 0. The van der Waals surface area contributed by atoms with Crippen molar-refractivity contribution in [3.8, 4) is 0 Å². The number of hydrogen-bond acceptors (Lipinski definition) is 1. The Morgan fingerprint density at radius 1 is 1.17 bits per heavy atom. The third-order valence-electron chi connectivity index (χ3n) is 3.22. The summed E-state index contributed by atoms with van der Waals surface area (Å²) in [5.74, 6) is 0. The Hall–Kier alpha value is -1.03. The SMILES string of the molecule is CCN(CC)C(C)Cc1cccc(C(F)(F)F)c1. The Labute approximate surface area is 107 Å². The second-order valence-electron chi connectivity index (χ2n) is 4.47. The van der Waals surface area contributed by atoms with Gasteiger partial charge in [0.2, 0.25) is 0 Å². The number of halogens is 3. The molecule has 0 bridgehead atoms. The minimum Gasteiger partial charge on any atom is -0.301 e. The van der Waals surface area contributed by atoms with Crippen molar-refractivity contribution in [1.82, 2.24) is 4.90 Å². The predicted octanol–water partition coefficient (Wildman–Crippen LogP) is 3.98. The number of benzene rings is 1. The highest BCUT2D eigenvalue weighted by Gasteiger charge is 2.30. The molecular weight excluding hydrogens is 239 g/mol. The van der Waals surface area contributed by atoms with Crippen LogP contribution < -0.4 is 0 Å². The lowest BCUT2D eigenvalue weighted by molar-refractivity contribution is -0.137. The molecule has 1 aromatic carbocycles. The van der Waals surface area contributed by atoms with Crippen LogP contribution in [0.4, 0.5) is 13.2 Å². The van der Waals surface area contributed by atoms with Crippen LogP contribution in [-0.4, -0.2) is 24.0 Å². The molecule has 1 nitrogen and oxygen atoms in total. The van der Waals surface area contributed by atoms with Crippen molar-refractivity contribution < 1.29 is 13.2 Å². The van der Waals surface area contributed by atoms with E-state index >= 15 is 0 Å². The Balaban J connectivity index is 2.79. The lowest BCUT2D eigenvalue weighted by atomic mass is 10.0. The topological polar surface area (TPSA) is 3.24 Å². The van der Waals surface area contributed by atoms with Crippen molar-refractivity contribution in [2.75, 3.05) is 13.1 Å². The molecule has 0 N–H and O–H groups in total. The first-order valence-corrected chi connectivity index (χ1v) is 6.28. The van der Waals surface area contributed by atoms with Crippen molar-refractivity contribution in [1.29, 1.82) is 0 Å². The zero-order chi connectivity index (χ0) is 13.8. The molecule has 0 heterocycles. The molecule has 102 valence electrons. The van der Waals surface area contributed by atoms with Gasteiger partial charge in [-0.05, 0) is 38.1 Å². The van der Waals surface area contributed by atoms with Gasteiger partial charge in [-0.15, -0.1) is 0 Å². The van der Waals surface area contributed by atoms with E-state index in [0.717, 1.165) is 24.7 Å². The van der Waals surface area contributed by atoms with Crippen LogP contribution in [0.2, 0.25) is 0 Å². The summed E-state index contributed by atoms with van der Waals surface area (Å²) in [6.45, 7) is 8.00. The van der Waals surface area contributed by atoms with Crippen LogP contribution in [0.3, 0.4) is 0 Å². The third-order valence-corrected chi connectivity index (χ3v) is 3.22. The van der Waals surface area contributed by atoms with Gasteiger partial charge in [0.15, 0.2) is 0 Å². The van der Waals surface area contributed by atoms with E-state index in [1.54, 1.807) is 6.07 Å². The van der Waals surface area contributed by atoms with Crippen LogP contribution >= 0.6 is 0 Å². The second-order valence-corrected chi connectivity index (χ2v) is 4.47. The standard InChI is InChI=1S/C14H20F3N/c1-4-18(5-2)11(3)9-12-7-6-8-13(10-12)14(15,16)17/h6-8,10-11H,4-5,9H2,1-3H3. The lowest BCUT2D eigenvalue weighted by Gasteiger charge is -2.26. The molecule has 0 aromatic heterocycles. The molecule has 0 amide bonds. The van der Waals surface area contributed by atoms with Gasteiger partial charge in [-0.25, -0.2) is 0 Å². The van der Waals surface area contributed by atoms with E-state index in [1.165, 1.54) is 12.1 Å². The molecule has 0 aliphatic rings. The molecular formula is C14H20F3N. The average molecular weight is 259 g/mol. The smallest absolute Gasteiger partial charge is 0.301 e. The van der Waals surface area contributed by atoms with E-state index in [-0.39, 0.29) is 6.04 Å². The molecule has 0 spiro atoms. The normalized spacial score (nSPS) is 13.9. The van der Waals surface area contributed by atoms with Crippen molar-refractivity contribution in [2.24, 2.45) is 0 Å². The van der Waals surface area contributed by atoms with Crippen LogP contribution in [0.25, 0.3) is 0 Å². The third kappa shape index (κ3) is 4.02. The van der Waals surface area contributed by atoms with Crippen LogP contribution in [0, 0.1) is 0 Å². The van der Waals surface area contributed by atoms with Crippen molar-refractivity contribution in [3.63, 3.8) is 0 Å². The fourth-order valence-corrected chi connectivity index (χ4v) is 2.19. The van der Waals surface area contributed by atoms with Gasteiger partial charge in [0.05, 0.1) is 5.56 Å². The highest BCUT2D eigenvalue weighted by molar-refractivity contribution is 5.26. The fraction of sp³-hybridized carbons (Fsp3) is 0.571. The summed E-state index contributed by atoms with van der Waals surface area (Å²) in [6, 6.07) is 5.86.